The summed E-state index contributed by atoms with van der Waals surface area (Å²) in [6.45, 7) is 0. The number of sulfone groups is 1. The Morgan fingerprint density at radius 3 is 0.500 bits per heavy atom. The van der Waals surface area contributed by atoms with Crippen molar-refractivity contribution < 1.29 is 25.2 Å². The van der Waals surface area contributed by atoms with E-state index in [-0.39, 0.29) is 127 Å². The van der Waals surface area contributed by atoms with E-state index >= 15 is 8.42 Å². The fraction of sp³-hybridized carbons (Fsp3) is 1.00. The Labute approximate surface area is 513 Å². The molecule has 20 heteroatoms. The van der Waals surface area contributed by atoms with Gasteiger partial charge in [0, 0.05) is 28.6 Å². The summed E-state index contributed by atoms with van der Waals surface area (Å²) >= 11 is 0. The van der Waals surface area contributed by atoms with Crippen molar-refractivity contribution in [1.82, 2.24) is 85.1 Å². The van der Waals surface area contributed by atoms with Crippen LogP contribution >= 0.6 is 0 Å². The standard InChI is InChI=1S/C64H110N16O2S.Co/c81-83(82,45-29-13-27-43-47(45)63-77-59-41-25-11-9-23-39(41)55(73-59)69-51-33-17-3-1-15-31(33)49(65-51)67-53-35-19-5-7-21-37(35)57(71-53)75-61(43)79-63)46-30-14-28-44-48(46)64-78-60-42-26-12-10-24-40(42)56(74-60)70-52-34-18-4-2-16-32(34)50(66-52)68-54-36-20-6-8-22-38(36)58(72-54)76-62(44)80-64;/h31-80H,1-30H2;. The van der Waals surface area contributed by atoms with Crippen molar-refractivity contribution in [2.24, 2.45) is 94.7 Å². The second-order valence-corrected chi connectivity index (χ2v) is 34.4. The van der Waals surface area contributed by atoms with E-state index in [9.17, 15) is 0 Å². The van der Waals surface area contributed by atoms with Gasteiger partial charge in [0.25, 0.3) is 0 Å². The van der Waals surface area contributed by atoms with Gasteiger partial charge in [-0.25, -0.2) is 8.42 Å². The van der Waals surface area contributed by atoms with Gasteiger partial charge in [-0.05, 0) is 186 Å². The van der Waals surface area contributed by atoms with Crippen molar-refractivity contribution in [1.29, 1.82) is 0 Å². The van der Waals surface area contributed by atoms with E-state index in [4.69, 9.17) is 0 Å². The van der Waals surface area contributed by atoms with Gasteiger partial charge in [-0.3, -0.25) is 85.1 Å². The second kappa shape index (κ2) is 23.4. The Bertz CT molecular complexity index is 2300. The zero-order valence-corrected chi connectivity index (χ0v) is 52.3. The summed E-state index contributed by atoms with van der Waals surface area (Å²) in [5.41, 5.74) is 0. The fourth-order valence-electron chi connectivity index (χ4n) is 25.0. The Kier molecular flexibility index (Phi) is 16.1. The monoisotopic (exact) mass is 1230 g/mol. The van der Waals surface area contributed by atoms with Crippen LogP contribution in [0.15, 0.2) is 0 Å². The van der Waals surface area contributed by atoms with Crippen LogP contribution in [-0.2, 0) is 26.6 Å². The van der Waals surface area contributed by atoms with E-state index in [0.29, 0.717) is 83.3 Å². The van der Waals surface area contributed by atoms with Crippen molar-refractivity contribution in [3.05, 3.63) is 0 Å². The van der Waals surface area contributed by atoms with Crippen LogP contribution in [0.1, 0.15) is 193 Å². The van der Waals surface area contributed by atoms with Gasteiger partial charge in [0.15, 0.2) is 9.84 Å². The molecule has 8 saturated carbocycles. The SMILES string of the molecule is O=S(=O)(C1CCCC2C3NC4NC(NC5NC(NC6NC(NC(N3)C21)C1CCCCC61)C1CCCCC51)C1CCCCC41)C1CCCC2C3NC4NC(NC5NC(NC6NC(NC(N3)C21)C1CCCCC61)C1CCCCC51)C1CCCCC41.[Co]. The van der Waals surface area contributed by atoms with E-state index < -0.39 is 20.3 Å². The van der Waals surface area contributed by atoms with E-state index in [1.807, 2.05) is 0 Å². The minimum absolute atomic E-state index is 0. The molecule has 16 bridgehead atoms. The minimum atomic E-state index is -3.64. The third-order valence-corrected chi connectivity index (χ3v) is 31.3. The predicted molar refractivity (Wildman–Crippen MR) is 322 cm³/mol. The largest absolute Gasteiger partial charge is 0.286 e. The first kappa shape index (κ1) is 57.7. The Balaban J connectivity index is 0.00000556. The molecular formula is C64H110CoN16O2S. The molecule has 16 N–H and O–H groups in total. The molecule has 18 rings (SSSR count). The van der Waals surface area contributed by atoms with Crippen molar-refractivity contribution in [2.75, 3.05) is 0 Å². The molecule has 34 atom stereocenters. The van der Waals surface area contributed by atoms with E-state index in [1.165, 1.54) is 154 Å². The van der Waals surface area contributed by atoms with Crippen LogP contribution in [0.3, 0.4) is 0 Å². The molecule has 473 valence electrons. The second-order valence-electron chi connectivity index (χ2n) is 32.0. The molecular weight excluding hydrogens is 1120 g/mol. The first-order valence-electron chi connectivity index (χ1n) is 36.2. The molecule has 84 heavy (non-hydrogen) atoms. The first-order chi connectivity index (χ1) is 40.8. The maximum absolute atomic E-state index is 16.9. The van der Waals surface area contributed by atoms with E-state index in [0.717, 1.165) is 38.5 Å². The molecule has 34 unspecified atom stereocenters. The van der Waals surface area contributed by atoms with Gasteiger partial charge in [-0.1, -0.05) is 89.9 Å². The molecule has 0 amide bonds. The van der Waals surface area contributed by atoms with Crippen molar-refractivity contribution in [3.8, 4) is 0 Å². The molecule has 10 aliphatic heterocycles. The number of nitrogens with one attached hydrogen (secondary N) is 16. The molecule has 1 radical (unpaired) electrons. The van der Waals surface area contributed by atoms with E-state index in [2.05, 4.69) is 85.1 Å². The Hall–Kier alpha value is -0.184. The van der Waals surface area contributed by atoms with Gasteiger partial charge in [0.1, 0.15) is 0 Å². The molecule has 10 heterocycles. The van der Waals surface area contributed by atoms with Crippen LogP contribution in [0.25, 0.3) is 0 Å². The van der Waals surface area contributed by atoms with Gasteiger partial charge in [0.05, 0.1) is 109 Å². The quantitative estimate of drug-likeness (QED) is 0.190. The molecule has 0 spiro atoms. The zero-order chi connectivity index (χ0) is 54.7. The van der Waals surface area contributed by atoms with Gasteiger partial charge >= 0.3 is 0 Å². The summed E-state index contributed by atoms with van der Waals surface area (Å²) in [5, 5.41) is 68.4. The number of hydrogen-bond acceptors (Lipinski definition) is 18. The van der Waals surface area contributed by atoms with Crippen LogP contribution < -0.4 is 85.1 Å². The van der Waals surface area contributed by atoms with Crippen molar-refractivity contribution >= 4 is 9.84 Å². The summed E-state index contributed by atoms with van der Waals surface area (Å²) in [5.74, 6) is 7.42. The van der Waals surface area contributed by atoms with Crippen LogP contribution in [-0.4, -0.2) is 118 Å². The summed E-state index contributed by atoms with van der Waals surface area (Å²) in [7, 11) is -3.64. The van der Waals surface area contributed by atoms with E-state index in [1.54, 1.807) is 0 Å². The third kappa shape index (κ3) is 9.77. The van der Waals surface area contributed by atoms with Crippen LogP contribution in [0.5, 0.6) is 0 Å². The average Bonchev–Trinajstić information content (AvgIpc) is 2.30. The summed E-state index contributed by atoms with van der Waals surface area (Å²) in [4.78, 5) is 0. The summed E-state index contributed by atoms with van der Waals surface area (Å²) in [6.07, 6.45) is 39.3. The first-order valence-corrected chi connectivity index (χ1v) is 37.9. The molecule has 8 aliphatic carbocycles. The van der Waals surface area contributed by atoms with Gasteiger partial charge in [-0.2, -0.15) is 0 Å². The number of hydrogen-bond donors (Lipinski definition) is 16. The summed E-state index contributed by atoms with van der Waals surface area (Å²) in [6, 6.07) is 0. The third-order valence-electron chi connectivity index (χ3n) is 28.5. The van der Waals surface area contributed by atoms with Crippen molar-refractivity contribution in [2.45, 2.75) is 302 Å². The number of fused-ring (bicyclic) bond motifs is 40. The molecule has 18 fully saturated rings. The maximum Gasteiger partial charge on any atom is 0.156 e. The topological polar surface area (TPSA) is 227 Å². The van der Waals surface area contributed by atoms with Crippen molar-refractivity contribution in [3.63, 3.8) is 0 Å². The van der Waals surface area contributed by atoms with Gasteiger partial charge < -0.3 is 0 Å². The van der Waals surface area contributed by atoms with Crippen LogP contribution in [0.4, 0.5) is 0 Å². The van der Waals surface area contributed by atoms with Gasteiger partial charge in [0.2, 0.25) is 0 Å². The summed E-state index contributed by atoms with van der Waals surface area (Å²) < 4.78 is 33.8. The predicted octanol–water partition coefficient (Wildman–Crippen LogP) is 3.59. The van der Waals surface area contributed by atoms with Crippen LogP contribution in [0, 0.1) is 94.7 Å². The van der Waals surface area contributed by atoms with Gasteiger partial charge in [-0.15, -0.1) is 0 Å². The van der Waals surface area contributed by atoms with Crippen LogP contribution in [0.2, 0.25) is 0 Å². The Morgan fingerprint density at radius 1 is 0.179 bits per heavy atom. The maximum atomic E-state index is 16.9. The molecule has 18 aliphatic rings. The Morgan fingerprint density at radius 2 is 0.321 bits per heavy atom. The number of rotatable bonds is 2. The molecule has 0 aromatic carbocycles. The normalized spacial score (nSPS) is 57.5. The fourth-order valence-corrected chi connectivity index (χ4v) is 28.0. The average molecular weight is 1230 g/mol. The molecule has 10 saturated heterocycles. The molecule has 0 aromatic rings. The molecule has 18 nitrogen and oxygen atoms in total. The zero-order valence-electron chi connectivity index (χ0n) is 50.4. The molecule has 0 aromatic heterocycles. The smallest absolute Gasteiger partial charge is 0.156 e. The minimum Gasteiger partial charge on any atom is -0.286 e.